The number of para-hydroxylation sites is 1. The Kier molecular flexibility index (Phi) is 2.33. The summed E-state index contributed by atoms with van der Waals surface area (Å²) in [5.41, 5.74) is 4.45. The maximum atomic E-state index is 4.66. The topological polar surface area (TPSA) is 44.5 Å². The molecule has 0 saturated heterocycles. The standard InChI is InChI=1S/C19H15N3/c1-3-7-16-13(6-1)15(11-21-16)18-19-14(9-10-20-18)12-5-2-4-8-17(12)22-19/h1,3,5-11,21-22H,2,4H2. The first-order valence-electron chi connectivity index (χ1n) is 7.65. The lowest BCUT2D eigenvalue weighted by molar-refractivity contribution is 1.11. The largest absolute Gasteiger partial charge is 0.360 e. The quantitative estimate of drug-likeness (QED) is 0.554. The van der Waals surface area contributed by atoms with Crippen LogP contribution >= 0.6 is 0 Å². The van der Waals surface area contributed by atoms with Crippen molar-refractivity contribution in [1.82, 2.24) is 15.0 Å². The maximum absolute atomic E-state index is 4.66. The van der Waals surface area contributed by atoms with Crippen molar-refractivity contribution < 1.29 is 0 Å². The molecule has 1 aliphatic rings. The molecule has 4 aromatic rings. The van der Waals surface area contributed by atoms with Gasteiger partial charge in [0, 0.05) is 44.8 Å². The first-order chi connectivity index (χ1) is 10.9. The second-order valence-electron chi connectivity index (χ2n) is 5.77. The third kappa shape index (κ3) is 1.53. The van der Waals surface area contributed by atoms with E-state index in [9.17, 15) is 0 Å². The fourth-order valence-corrected chi connectivity index (χ4v) is 3.47. The zero-order chi connectivity index (χ0) is 14.5. The molecule has 3 heterocycles. The summed E-state index contributed by atoms with van der Waals surface area (Å²) in [5.74, 6) is 0. The van der Waals surface area contributed by atoms with Crippen LogP contribution < -0.4 is 10.6 Å². The van der Waals surface area contributed by atoms with E-state index in [1.54, 1.807) is 0 Å². The van der Waals surface area contributed by atoms with Crippen molar-refractivity contribution in [2.24, 2.45) is 0 Å². The monoisotopic (exact) mass is 285 g/mol. The number of hydrogen-bond acceptors (Lipinski definition) is 1. The van der Waals surface area contributed by atoms with Gasteiger partial charge in [-0.2, -0.15) is 0 Å². The van der Waals surface area contributed by atoms with Gasteiger partial charge >= 0.3 is 0 Å². The molecular formula is C19H15N3. The van der Waals surface area contributed by atoms with Crippen molar-refractivity contribution in [1.29, 1.82) is 0 Å². The number of aromatic nitrogens is 3. The van der Waals surface area contributed by atoms with E-state index in [-0.39, 0.29) is 0 Å². The van der Waals surface area contributed by atoms with Crippen LogP contribution in [0.4, 0.5) is 0 Å². The van der Waals surface area contributed by atoms with E-state index < -0.39 is 0 Å². The maximum Gasteiger partial charge on any atom is 0.0964 e. The molecule has 106 valence electrons. The predicted octanol–water partition coefficient (Wildman–Crippen LogP) is 3.07. The summed E-state index contributed by atoms with van der Waals surface area (Å²) >= 11 is 0. The molecule has 0 amide bonds. The molecule has 1 aliphatic carbocycles. The van der Waals surface area contributed by atoms with Gasteiger partial charge < -0.3 is 9.97 Å². The highest BCUT2D eigenvalue weighted by Crippen LogP contribution is 2.30. The van der Waals surface area contributed by atoms with E-state index in [4.69, 9.17) is 0 Å². The Labute approximate surface area is 127 Å². The third-order valence-corrected chi connectivity index (χ3v) is 4.50. The molecule has 2 N–H and O–H groups in total. The molecule has 0 saturated carbocycles. The fraction of sp³-hybridized carbons (Fsp3) is 0.105. The van der Waals surface area contributed by atoms with Gasteiger partial charge in [-0.05, 0) is 25.0 Å². The normalized spacial score (nSPS) is 13.8. The van der Waals surface area contributed by atoms with Crippen molar-refractivity contribution >= 4 is 34.0 Å². The highest BCUT2D eigenvalue weighted by Gasteiger charge is 2.13. The Morgan fingerprint density at radius 1 is 0.955 bits per heavy atom. The van der Waals surface area contributed by atoms with Crippen LogP contribution in [0.2, 0.25) is 0 Å². The lowest BCUT2D eigenvalue weighted by Crippen LogP contribution is -2.24. The van der Waals surface area contributed by atoms with Gasteiger partial charge in [0.2, 0.25) is 0 Å². The van der Waals surface area contributed by atoms with E-state index in [0.29, 0.717) is 0 Å². The van der Waals surface area contributed by atoms with Gasteiger partial charge in [0.05, 0.1) is 11.2 Å². The van der Waals surface area contributed by atoms with Crippen LogP contribution in [0.3, 0.4) is 0 Å². The molecule has 22 heavy (non-hydrogen) atoms. The Morgan fingerprint density at radius 2 is 1.86 bits per heavy atom. The van der Waals surface area contributed by atoms with Gasteiger partial charge in [0.15, 0.2) is 0 Å². The van der Waals surface area contributed by atoms with Crippen molar-refractivity contribution in [2.75, 3.05) is 0 Å². The van der Waals surface area contributed by atoms with Crippen LogP contribution in [0.5, 0.6) is 0 Å². The number of rotatable bonds is 1. The van der Waals surface area contributed by atoms with Gasteiger partial charge in [-0.15, -0.1) is 0 Å². The van der Waals surface area contributed by atoms with Crippen LogP contribution in [-0.2, 0) is 0 Å². The van der Waals surface area contributed by atoms with Crippen LogP contribution in [0.15, 0.2) is 42.7 Å². The molecular weight excluding hydrogens is 270 g/mol. The Bertz CT molecular complexity index is 1130. The van der Waals surface area contributed by atoms with Crippen molar-refractivity contribution in [3.63, 3.8) is 0 Å². The lowest BCUT2D eigenvalue weighted by atomic mass is 10.1. The minimum atomic E-state index is 1.02. The van der Waals surface area contributed by atoms with Crippen LogP contribution in [0, 0.1) is 0 Å². The SMILES string of the molecule is C1=c2[nH]c3c(-c4c[nH]c5ccccc45)nccc3c2=CCC1. The molecule has 5 rings (SSSR count). The van der Waals surface area contributed by atoms with Gasteiger partial charge in [-0.25, -0.2) is 0 Å². The number of fused-ring (bicyclic) bond motifs is 4. The van der Waals surface area contributed by atoms with Crippen LogP contribution in [-0.4, -0.2) is 15.0 Å². The van der Waals surface area contributed by atoms with Gasteiger partial charge in [-0.3, -0.25) is 4.98 Å². The molecule has 0 spiro atoms. The molecule has 3 aromatic heterocycles. The lowest BCUT2D eigenvalue weighted by Gasteiger charge is -2.01. The van der Waals surface area contributed by atoms with Gasteiger partial charge in [0.25, 0.3) is 0 Å². The Morgan fingerprint density at radius 3 is 2.86 bits per heavy atom. The summed E-state index contributed by atoms with van der Waals surface area (Å²) in [6, 6.07) is 10.5. The summed E-state index contributed by atoms with van der Waals surface area (Å²) < 4.78 is 0. The van der Waals surface area contributed by atoms with E-state index >= 15 is 0 Å². The molecule has 0 radical (unpaired) electrons. The number of aromatic amines is 2. The van der Waals surface area contributed by atoms with E-state index in [1.807, 2.05) is 12.3 Å². The smallest absolute Gasteiger partial charge is 0.0964 e. The van der Waals surface area contributed by atoms with Crippen LogP contribution in [0.1, 0.15) is 12.8 Å². The number of nitrogens with one attached hydrogen (secondary N) is 2. The molecule has 0 unspecified atom stereocenters. The molecule has 0 atom stereocenters. The molecule has 0 aliphatic heterocycles. The Balaban J connectivity index is 1.92. The molecule has 0 bridgehead atoms. The third-order valence-electron chi connectivity index (χ3n) is 4.50. The second kappa shape index (κ2) is 4.34. The first kappa shape index (κ1) is 11.8. The molecule has 0 fully saturated rings. The Hall–Kier alpha value is -2.81. The number of benzene rings is 1. The van der Waals surface area contributed by atoms with Crippen molar-refractivity contribution in [3.05, 3.63) is 53.3 Å². The van der Waals surface area contributed by atoms with Crippen molar-refractivity contribution in [3.8, 4) is 11.3 Å². The molecule has 1 aromatic carbocycles. The minimum Gasteiger partial charge on any atom is -0.360 e. The summed E-state index contributed by atoms with van der Waals surface area (Å²) in [4.78, 5) is 11.6. The van der Waals surface area contributed by atoms with Crippen LogP contribution in [0.25, 0.3) is 45.2 Å². The predicted molar refractivity (Wildman–Crippen MR) is 90.8 cm³/mol. The van der Waals surface area contributed by atoms with Crippen molar-refractivity contribution in [2.45, 2.75) is 12.8 Å². The van der Waals surface area contributed by atoms with Gasteiger partial charge in [-0.1, -0.05) is 30.4 Å². The summed E-state index contributed by atoms with van der Waals surface area (Å²) in [5, 5.41) is 5.03. The highest BCUT2D eigenvalue weighted by molar-refractivity contribution is 6.02. The molecule has 3 heteroatoms. The minimum absolute atomic E-state index is 1.02. The number of nitrogens with zero attached hydrogens (tertiary/aromatic N) is 1. The van der Waals surface area contributed by atoms with E-state index in [0.717, 1.165) is 35.1 Å². The number of hydrogen-bond donors (Lipinski definition) is 2. The molecule has 3 nitrogen and oxygen atoms in total. The average Bonchev–Trinajstić information content (AvgIpc) is 3.16. The van der Waals surface area contributed by atoms with E-state index in [2.05, 4.69) is 57.6 Å². The highest BCUT2D eigenvalue weighted by atomic mass is 14.8. The zero-order valence-electron chi connectivity index (χ0n) is 12.1. The summed E-state index contributed by atoms with van der Waals surface area (Å²) in [6.45, 7) is 0. The van der Waals surface area contributed by atoms with E-state index in [1.165, 1.54) is 21.3 Å². The van der Waals surface area contributed by atoms with Gasteiger partial charge in [0.1, 0.15) is 0 Å². The summed E-state index contributed by atoms with van der Waals surface area (Å²) in [7, 11) is 0. The average molecular weight is 285 g/mol. The summed E-state index contributed by atoms with van der Waals surface area (Å²) in [6.07, 6.45) is 10.8. The second-order valence-corrected chi connectivity index (χ2v) is 5.77. The number of pyridine rings is 1. The zero-order valence-corrected chi connectivity index (χ0v) is 12.1. The fourth-order valence-electron chi connectivity index (χ4n) is 3.47. The number of H-pyrrole nitrogens is 2. The first-order valence-corrected chi connectivity index (χ1v) is 7.65.